The molecule has 0 aromatic carbocycles. The maximum absolute atomic E-state index is 12.5. The van der Waals surface area contributed by atoms with Gasteiger partial charge in [0, 0.05) is 11.0 Å². The van der Waals surface area contributed by atoms with Crippen LogP contribution in [0.3, 0.4) is 0 Å². The van der Waals surface area contributed by atoms with Gasteiger partial charge >= 0.3 is 0 Å². The Labute approximate surface area is 137 Å². The average Bonchev–Trinajstić information content (AvgIpc) is 3.03. The van der Waals surface area contributed by atoms with Gasteiger partial charge in [0.25, 0.3) is 0 Å². The summed E-state index contributed by atoms with van der Waals surface area (Å²) in [6, 6.07) is 3.48. The van der Waals surface area contributed by atoms with Crippen LogP contribution in [-0.2, 0) is 4.79 Å². The van der Waals surface area contributed by atoms with Gasteiger partial charge in [0.05, 0.1) is 12.0 Å². The fourth-order valence-corrected chi connectivity index (χ4v) is 4.83. The van der Waals surface area contributed by atoms with E-state index in [-0.39, 0.29) is 11.3 Å². The highest BCUT2D eigenvalue weighted by atomic mass is 79.9. The summed E-state index contributed by atoms with van der Waals surface area (Å²) in [5.74, 6) is 1.27. The summed E-state index contributed by atoms with van der Waals surface area (Å²) in [5.41, 5.74) is -0.201. The molecule has 2 aliphatic carbocycles. The van der Waals surface area contributed by atoms with E-state index >= 15 is 0 Å². The van der Waals surface area contributed by atoms with E-state index in [1.165, 1.54) is 6.42 Å². The molecule has 1 aromatic rings. The minimum absolute atomic E-state index is 0.153. The Morgan fingerprint density at radius 3 is 3.14 bits per heavy atom. The number of halogens is 2. The van der Waals surface area contributed by atoms with Gasteiger partial charge in [-0.25, -0.2) is 4.98 Å². The van der Waals surface area contributed by atoms with Crippen LogP contribution in [0.25, 0.3) is 0 Å². The number of fused-ring (bicyclic) bond motifs is 2. The molecular formula is C15H18BrClN2O2. The van der Waals surface area contributed by atoms with E-state index in [0.717, 1.165) is 19.3 Å². The number of amides is 1. The van der Waals surface area contributed by atoms with Gasteiger partial charge in [-0.05, 0) is 43.7 Å². The first-order valence-corrected chi connectivity index (χ1v) is 8.57. The van der Waals surface area contributed by atoms with Crippen molar-refractivity contribution in [2.45, 2.75) is 30.5 Å². The molecule has 0 spiro atoms. The van der Waals surface area contributed by atoms with Crippen molar-refractivity contribution in [2.24, 2.45) is 11.3 Å². The fourth-order valence-electron chi connectivity index (χ4n) is 3.50. The molecule has 2 saturated carbocycles. The van der Waals surface area contributed by atoms with Crippen molar-refractivity contribution < 1.29 is 9.53 Å². The number of nitrogens with one attached hydrogen (secondary N) is 1. The zero-order chi connectivity index (χ0) is 14.9. The quantitative estimate of drug-likeness (QED) is 0.637. The number of hydrogen-bond acceptors (Lipinski definition) is 3. The second kappa shape index (κ2) is 6.13. The zero-order valence-corrected chi connectivity index (χ0v) is 14.0. The summed E-state index contributed by atoms with van der Waals surface area (Å²) in [4.78, 5) is 16.8. The number of rotatable bonds is 5. The standard InChI is InChI=1S/C15H18BrClN2O2/c16-12-8-10-3-4-15(12,9-10)14(20)19-6-7-21-13-11(17)2-1-5-18-13/h1-2,5,10,12H,3-4,6-9H2,(H,19,20)/t10-,12-,15+/m0/s1. The van der Waals surface area contributed by atoms with E-state index in [9.17, 15) is 4.79 Å². The van der Waals surface area contributed by atoms with Crippen molar-refractivity contribution in [1.29, 1.82) is 0 Å². The van der Waals surface area contributed by atoms with Gasteiger partial charge in [0.15, 0.2) is 0 Å². The van der Waals surface area contributed by atoms with Crippen molar-refractivity contribution in [1.82, 2.24) is 10.3 Å². The Kier molecular flexibility index (Phi) is 4.41. The molecule has 1 heterocycles. The number of alkyl halides is 1. The summed E-state index contributed by atoms with van der Waals surface area (Å²) in [5, 5.41) is 3.48. The van der Waals surface area contributed by atoms with E-state index in [1.807, 2.05) is 0 Å². The summed E-state index contributed by atoms with van der Waals surface area (Å²) < 4.78 is 5.48. The largest absolute Gasteiger partial charge is 0.475 e. The number of aromatic nitrogens is 1. The molecule has 1 aromatic heterocycles. The minimum Gasteiger partial charge on any atom is -0.475 e. The van der Waals surface area contributed by atoms with Crippen LogP contribution < -0.4 is 10.1 Å². The van der Waals surface area contributed by atoms with Crippen LogP contribution in [0.2, 0.25) is 5.02 Å². The molecule has 1 N–H and O–H groups in total. The monoisotopic (exact) mass is 372 g/mol. The van der Waals surface area contributed by atoms with E-state index in [0.29, 0.717) is 34.8 Å². The Bertz CT molecular complexity index is 542. The highest BCUT2D eigenvalue weighted by Gasteiger charge is 2.55. The summed E-state index contributed by atoms with van der Waals surface area (Å²) >= 11 is 9.65. The van der Waals surface area contributed by atoms with Crippen LogP contribution in [0.4, 0.5) is 0 Å². The lowest BCUT2D eigenvalue weighted by atomic mass is 9.83. The smallest absolute Gasteiger partial charge is 0.232 e. The fraction of sp³-hybridized carbons (Fsp3) is 0.600. The van der Waals surface area contributed by atoms with E-state index in [4.69, 9.17) is 16.3 Å². The number of pyridine rings is 1. The Morgan fingerprint density at radius 2 is 2.48 bits per heavy atom. The molecule has 114 valence electrons. The molecule has 3 atom stereocenters. The predicted molar refractivity (Wildman–Crippen MR) is 84.9 cm³/mol. The minimum atomic E-state index is -0.201. The second-order valence-electron chi connectivity index (χ2n) is 5.86. The topological polar surface area (TPSA) is 51.2 Å². The molecular weight excluding hydrogens is 356 g/mol. The molecule has 0 unspecified atom stereocenters. The molecule has 0 saturated heterocycles. The van der Waals surface area contributed by atoms with E-state index in [1.54, 1.807) is 18.3 Å². The van der Waals surface area contributed by atoms with Crippen molar-refractivity contribution in [3.63, 3.8) is 0 Å². The number of carbonyl (C=O) groups excluding carboxylic acids is 1. The first-order valence-electron chi connectivity index (χ1n) is 7.27. The molecule has 2 fully saturated rings. The van der Waals surface area contributed by atoms with Crippen LogP contribution in [0.5, 0.6) is 5.88 Å². The van der Waals surface area contributed by atoms with Crippen LogP contribution in [0.15, 0.2) is 18.3 Å². The zero-order valence-electron chi connectivity index (χ0n) is 11.6. The second-order valence-corrected chi connectivity index (χ2v) is 7.38. The SMILES string of the molecule is O=C(NCCOc1ncccc1Cl)[C@@]12CC[C@@H](C[C@@H]1Br)C2. The normalized spacial score (nSPS) is 30.4. The lowest BCUT2D eigenvalue weighted by molar-refractivity contribution is -0.130. The molecule has 1 amide bonds. The van der Waals surface area contributed by atoms with Crippen LogP contribution in [0.1, 0.15) is 25.7 Å². The maximum Gasteiger partial charge on any atom is 0.232 e. The molecule has 2 aliphatic rings. The van der Waals surface area contributed by atoms with Gasteiger partial charge in [-0.15, -0.1) is 0 Å². The van der Waals surface area contributed by atoms with Crippen LogP contribution >= 0.6 is 27.5 Å². The predicted octanol–water partition coefficient (Wildman–Crippen LogP) is 3.18. The van der Waals surface area contributed by atoms with Crippen LogP contribution in [0, 0.1) is 11.3 Å². The van der Waals surface area contributed by atoms with Gasteiger partial charge in [0.2, 0.25) is 11.8 Å². The van der Waals surface area contributed by atoms with E-state index < -0.39 is 0 Å². The Morgan fingerprint density at radius 1 is 1.62 bits per heavy atom. The van der Waals surface area contributed by atoms with Gasteiger partial charge in [-0.1, -0.05) is 27.5 Å². The average molecular weight is 374 g/mol. The number of ether oxygens (including phenoxy) is 1. The first-order chi connectivity index (χ1) is 10.1. The summed E-state index contributed by atoms with van der Waals surface area (Å²) in [6.45, 7) is 0.840. The first kappa shape index (κ1) is 15.1. The highest BCUT2D eigenvalue weighted by molar-refractivity contribution is 9.09. The molecule has 0 aliphatic heterocycles. The van der Waals surface area contributed by atoms with Gasteiger partial charge in [-0.3, -0.25) is 4.79 Å². The third-order valence-corrected chi connectivity index (χ3v) is 6.13. The Hall–Kier alpha value is -0.810. The third kappa shape index (κ3) is 2.90. The maximum atomic E-state index is 12.5. The number of carbonyl (C=O) groups is 1. The molecule has 0 radical (unpaired) electrons. The molecule has 21 heavy (non-hydrogen) atoms. The van der Waals surface area contributed by atoms with Crippen molar-refractivity contribution in [2.75, 3.05) is 13.2 Å². The van der Waals surface area contributed by atoms with Gasteiger partial charge in [-0.2, -0.15) is 0 Å². The van der Waals surface area contributed by atoms with Crippen molar-refractivity contribution >= 4 is 33.4 Å². The lowest BCUT2D eigenvalue weighted by Gasteiger charge is -2.30. The van der Waals surface area contributed by atoms with Crippen molar-refractivity contribution in [3.05, 3.63) is 23.4 Å². The Balaban J connectivity index is 1.48. The van der Waals surface area contributed by atoms with Gasteiger partial charge < -0.3 is 10.1 Å². The van der Waals surface area contributed by atoms with E-state index in [2.05, 4.69) is 26.2 Å². The number of hydrogen-bond donors (Lipinski definition) is 1. The molecule has 2 bridgehead atoms. The molecule has 3 rings (SSSR count). The molecule has 6 heteroatoms. The lowest BCUT2D eigenvalue weighted by Crippen LogP contribution is -2.44. The highest BCUT2D eigenvalue weighted by Crippen LogP contribution is 2.57. The van der Waals surface area contributed by atoms with Gasteiger partial charge in [0.1, 0.15) is 11.6 Å². The van der Waals surface area contributed by atoms with Crippen molar-refractivity contribution in [3.8, 4) is 5.88 Å². The number of nitrogens with zero attached hydrogens (tertiary/aromatic N) is 1. The third-order valence-electron chi connectivity index (χ3n) is 4.59. The molecule has 4 nitrogen and oxygen atoms in total. The van der Waals surface area contributed by atoms with Crippen LogP contribution in [-0.4, -0.2) is 28.9 Å². The summed E-state index contributed by atoms with van der Waals surface area (Å²) in [6.07, 6.45) is 5.93. The summed E-state index contributed by atoms with van der Waals surface area (Å²) in [7, 11) is 0.